The highest BCUT2D eigenvalue weighted by Gasteiger charge is 2.47. The molecule has 0 radical (unpaired) electrons. The van der Waals surface area contributed by atoms with Gasteiger partial charge in [0.25, 0.3) is 6.01 Å². The Hall–Kier alpha value is -1.03. The van der Waals surface area contributed by atoms with Gasteiger partial charge in [0, 0.05) is 6.54 Å². The molecule has 13 heavy (non-hydrogen) atoms. The zero-order valence-electron chi connectivity index (χ0n) is 7.56. The predicted octanol–water partition coefficient (Wildman–Crippen LogP) is 0.961. The van der Waals surface area contributed by atoms with E-state index in [-0.39, 0.29) is 0 Å². The smallest absolute Gasteiger partial charge is 0.297 e. The SMILES string of the molecule is Cc1coc(N2CCOC3CC32)n1. The molecule has 1 saturated heterocycles. The van der Waals surface area contributed by atoms with Gasteiger partial charge >= 0.3 is 0 Å². The molecule has 0 amide bonds. The molecule has 2 heterocycles. The zero-order valence-corrected chi connectivity index (χ0v) is 7.56. The lowest BCUT2D eigenvalue weighted by atomic mass is 10.4. The fourth-order valence-electron chi connectivity index (χ4n) is 1.85. The summed E-state index contributed by atoms with van der Waals surface area (Å²) in [7, 11) is 0. The number of aryl methyl sites for hydroxylation is 1. The van der Waals surface area contributed by atoms with Gasteiger partial charge in [-0.2, -0.15) is 4.98 Å². The highest BCUT2D eigenvalue weighted by atomic mass is 16.5. The Bertz CT molecular complexity index is 323. The van der Waals surface area contributed by atoms with E-state index in [1.54, 1.807) is 6.26 Å². The van der Waals surface area contributed by atoms with Crippen LogP contribution in [0.1, 0.15) is 12.1 Å². The first kappa shape index (κ1) is 7.38. The van der Waals surface area contributed by atoms with Crippen molar-refractivity contribution in [2.45, 2.75) is 25.5 Å². The molecule has 2 aliphatic rings. The summed E-state index contributed by atoms with van der Waals surface area (Å²) in [4.78, 5) is 6.52. The maximum atomic E-state index is 5.50. The van der Waals surface area contributed by atoms with E-state index in [9.17, 15) is 0 Å². The molecule has 4 nitrogen and oxygen atoms in total. The monoisotopic (exact) mass is 180 g/mol. The van der Waals surface area contributed by atoms with E-state index in [4.69, 9.17) is 9.15 Å². The maximum Gasteiger partial charge on any atom is 0.297 e. The molecule has 2 unspecified atom stereocenters. The van der Waals surface area contributed by atoms with Crippen molar-refractivity contribution in [3.63, 3.8) is 0 Å². The van der Waals surface area contributed by atoms with Crippen LogP contribution in [0.2, 0.25) is 0 Å². The van der Waals surface area contributed by atoms with E-state index in [1.807, 2.05) is 6.92 Å². The Morgan fingerprint density at radius 1 is 1.62 bits per heavy atom. The van der Waals surface area contributed by atoms with Gasteiger partial charge in [-0.05, 0) is 13.3 Å². The average Bonchev–Trinajstić information content (AvgIpc) is 2.81. The largest absolute Gasteiger partial charge is 0.432 e. The highest BCUT2D eigenvalue weighted by Crippen LogP contribution is 2.36. The molecule has 0 spiro atoms. The van der Waals surface area contributed by atoms with Gasteiger partial charge in [0.1, 0.15) is 6.26 Å². The fourth-order valence-corrected chi connectivity index (χ4v) is 1.85. The predicted molar refractivity (Wildman–Crippen MR) is 46.7 cm³/mol. The van der Waals surface area contributed by atoms with Gasteiger partial charge in [-0.25, -0.2) is 0 Å². The van der Waals surface area contributed by atoms with Crippen LogP contribution in [0.5, 0.6) is 0 Å². The summed E-state index contributed by atoms with van der Waals surface area (Å²) in [6.07, 6.45) is 3.25. The van der Waals surface area contributed by atoms with Crippen molar-refractivity contribution in [1.29, 1.82) is 0 Å². The van der Waals surface area contributed by atoms with Crippen molar-refractivity contribution >= 4 is 6.01 Å². The second kappa shape index (κ2) is 2.48. The summed E-state index contributed by atoms with van der Waals surface area (Å²) < 4.78 is 10.9. The second-order valence-electron chi connectivity index (χ2n) is 3.68. The molecule has 3 rings (SSSR count). The lowest BCUT2D eigenvalue weighted by molar-refractivity contribution is 0.101. The van der Waals surface area contributed by atoms with Crippen LogP contribution >= 0.6 is 0 Å². The van der Waals surface area contributed by atoms with Crippen molar-refractivity contribution in [2.24, 2.45) is 0 Å². The van der Waals surface area contributed by atoms with Crippen molar-refractivity contribution in [1.82, 2.24) is 4.98 Å². The van der Waals surface area contributed by atoms with Crippen molar-refractivity contribution in [3.8, 4) is 0 Å². The van der Waals surface area contributed by atoms with Gasteiger partial charge in [-0.15, -0.1) is 0 Å². The molecule has 1 saturated carbocycles. The number of aromatic nitrogens is 1. The molecule has 4 heteroatoms. The Balaban J connectivity index is 1.84. The van der Waals surface area contributed by atoms with Gasteiger partial charge in [-0.3, -0.25) is 0 Å². The molecular weight excluding hydrogens is 168 g/mol. The molecule has 1 aliphatic heterocycles. The molecule has 1 aromatic heterocycles. The quantitative estimate of drug-likeness (QED) is 0.645. The number of morpholine rings is 1. The maximum absolute atomic E-state index is 5.50. The van der Waals surface area contributed by atoms with Gasteiger partial charge in [0.05, 0.1) is 24.4 Å². The summed E-state index contributed by atoms with van der Waals surface area (Å²) in [5, 5.41) is 0. The summed E-state index contributed by atoms with van der Waals surface area (Å²) in [5.74, 6) is 0. The minimum absolute atomic E-state index is 0.431. The molecule has 1 aromatic rings. The summed E-state index contributed by atoms with van der Waals surface area (Å²) in [6, 6.07) is 1.28. The summed E-state index contributed by atoms with van der Waals surface area (Å²) >= 11 is 0. The van der Waals surface area contributed by atoms with Gasteiger partial charge in [0.2, 0.25) is 0 Å². The van der Waals surface area contributed by atoms with Crippen molar-refractivity contribution in [2.75, 3.05) is 18.1 Å². The normalized spacial score (nSPS) is 31.6. The molecular formula is C9H12N2O2. The van der Waals surface area contributed by atoms with Crippen LogP contribution in [-0.4, -0.2) is 30.3 Å². The van der Waals surface area contributed by atoms with Crippen LogP contribution in [0, 0.1) is 6.92 Å². The van der Waals surface area contributed by atoms with Crippen molar-refractivity contribution in [3.05, 3.63) is 12.0 Å². The number of nitrogens with zero attached hydrogens (tertiary/aromatic N) is 2. The Morgan fingerprint density at radius 2 is 2.54 bits per heavy atom. The standard InChI is InChI=1S/C9H12N2O2/c1-6-5-13-9(10-6)11-2-3-12-8-4-7(8)11/h5,7-8H,2-4H2,1H3. The topological polar surface area (TPSA) is 38.5 Å². The van der Waals surface area contributed by atoms with E-state index in [0.29, 0.717) is 12.1 Å². The Morgan fingerprint density at radius 3 is 3.31 bits per heavy atom. The minimum atomic E-state index is 0.431. The number of rotatable bonds is 1. The summed E-state index contributed by atoms with van der Waals surface area (Å²) in [5.41, 5.74) is 0.943. The van der Waals surface area contributed by atoms with Gasteiger partial charge in [0.15, 0.2) is 0 Å². The molecule has 0 N–H and O–H groups in total. The van der Waals surface area contributed by atoms with E-state index in [0.717, 1.165) is 31.3 Å². The summed E-state index contributed by atoms with van der Waals surface area (Å²) in [6.45, 7) is 3.64. The lowest BCUT2D eigenvalue weighted by Crippen LogP contribution is -2.36. The first-order valence-corrected chi connectivity index (χ1v) is 4.65. The van der Waals surface area contributed by atoms with Crippen molar-refractivity contribution < 1.29 is 9.15 Å². The third kappa shape index (κ3) is 1.13. The van der Waals surface area contributed by atoms with Crippen LogP contribution in [0.3, 0.4) is 0 Å². The first-order chi connectivity index (χ1) is 6.34. The molecule has 70 valence electrons. The number of fused-ring (bicyclic) bond motifs is 1. The zero-order chi connectivity index (χ0) is 8.84. The average molecular weight is 180 g/mol. The Labute approximate surface area is 76.5 Å². The van der Waals surface area contributed by atoms with E-state index in [1.165, 1.54) is 0 Å². The van der Waals surface area contributed by atoms with Crippen LogP contribution in [0.25, 0.3) is 0 Å². The minimum Gasteiger partial charge on any atom is -0.432 e. The first-order valence-electron chi connectivity index (χ1n) is 4.65. The number of oxazole rings is 1. The van der Waals surface area contributed by atoms with E-state index < -0.39 is 0 Å². The van der Waals surface area contributed by atoms with Gasteiger partial charge in [-0.1, -0.05) is 0 Å². The number of anilines is 1. The van der Waals surface area contributed by atoms with Gasteiger partial charge < -0.3 is 14.1 Å². The fraction of sp³-hybridized carbons (Fsp3) is 0.667. The molecule has 2 fully saturated rings. The third-order valence-corrected chi connectivity index (χ3v) is 2.62. The van der Waals surface area contributed by atoms with E-state index >= 15 is 0 Å². The van der Waals surface area contributed by atoms with Crippen LogP contribution < -0.4 is 4.90 Å². The molecule has 1 aliphatic carbocycles. The Kier molecular flexibility index (Phi) is 1.41. The molecule has 2 atom stereocenters. The second-order valence-corrected chi connectivity index (χ2v) is 3.68. The number of hydrogen-bond donors (Lipinski definition) is 0. The highest BCUT2D eigenvalue weighted by molar-refractivity contribution is 5.34. The molecule has 0 bridgehead atoms. The van der Waals surface area contributed by atoms with Crippen LogP contribution in [0.4, 0.5) is 6.01 Å². The molecule has 0 aromatic carbocycles. The number of ether oxygens (including phenoxy) is 1. The van der Waals surface area contributed by atoms with Crippen LogP contribution in [-0.2, 0) is 4.74 Å². The number of hydrogen-bond acceptors (Lipinski definition) is 4. The third-order valence-electron chi connectivity index (χ3n) is 2.62. The van der Waals surface area contributed by atoms with Crippen LogP contribution in [0.15, 0.2) is 10.7 Å². The van der Waals surface area contributed by atoms with E-state index in [2.05, 4.69) is 9.88 Å². The lowest BCUT2D eigenvalue weighted by Gasteiger charge is -2.24.